The van der Waals surface area contributed by atoms with Crippen LogP contribution in [0.15, 0.2) is 147 Å². The number of amides is 1. The van der Waals surface area contributed by atoms with Gasteiger partial charge in [0, 0.05) is 89.8 Å². The van der Waals surface area contributed by atoms with E-state index in [9.17, 15) is 9.59 Å². The van der Waals surface area contributed by atoms with Gasteiger partial charge in [-0.1, -0.05) is 48.2 Å². The average molecular weight is 924 g/mol. The monoisotopic (exact) mass is 923 g/mol. The van der Waals surface area contributed by atoms with E-state index in [4.69, 9.17) is 0 Å². The van der Waals surface area contributed by atoms with Crippen molar-refractivity contribution in [2.75, 3.05) is 32.5 Å². The lowest BCUT2D eigenvalue weighted by atomic mass is 9.97. The Morgan fingerprint density at radius 2 is 1.41 bits per heavy atom. The molecule has 6 heterocycles. The van der Waals surface area contributed by atoms with Gasteiger partial charge in [0.2, 0.25) is 0 Å². The Labute approximate surface area is 407 Å². The molecule has 4 aromatic carbocycles. The normalized spacial score (nSPS) is 12.7. The minimum Gasteiger partial charge on any atom is -0.322 e. The number of ketones is 1. The molecule has 1 aliphatic rings. The number of nitrogens with zero attached hydrogens (tertiary/aromatic N) is 10. The highest BCUT2D eigenvalue weighted by atomic mass is 16.1. The number of hydrogen-bond acceptors (Lipinski definition) is 9. The van der Waals surface area contributed by atoms with Crippen LogP contribution < -0.4 is 5.32 Å². The molecule has 70 heavy (non-hydrogen) atoms. The number of carbonyl (C=O) groups is 2. The summed E-state index contributed by atoms with van der Waals surface area (Å²) in [6, 6.07) is 26.1. The van der Waals surface area contributed by atoms with Crippen LogP contribution in [0.3, 0.4) is 0 Å². The van der Waals surface area contributed by atoms with Crippen molar-refractivity contribution < 1.29 is 9.59 Å². The SMILES string of the molecule is Cc1cc(CC(=O)c2cccc(C#Cc3cnc4cnccn34)c2)ccc1CN1CCC(N(C)C)CC1.Cc1cc(NC(=O)c2ccc(C)c(C#Cc3cnc4cnccn34)c2)cc(-n2ccnc2)c1. The van der Waals surface area contributed by atoms with Gasteiger partial charge in [0.15, 0.2) is 17.1 Å². The quantitative estimate of drug-likeness (QED) is 0.112. The molecule has 5 aromatic heterocycles. The molecule has 13 nitrogen and oxygen atoms in total. The van der Waals surface area contributed by atoms with Gasteiger partial charge in [0.25, 0.3) is 5.91 Å². The van der Waals surface area contributed by atoms with Gasteiger partial charge in [0.1, 0.15) is 11.4 Å². The third-order valence-corrected chi connectivity index (χ3v) is 12.6. The highest BCUT2D eigenvalue weighted by Crippen LogP contribution is 2.22. The van der Waals surface area contributed by atoms with Crippen LogP contribution in [-0.4, -0.2) is 93.0 Å². The van der Waals surface area contributed by atoms with Crippen molar-refractivity contribution in [1.29, 1.82) is 0 Å². The van der Waals surface area contributed by atoms with Gasteiger partial charge >= 0.3 is 0 Å². The Morgan fingerprint density at radius 3 is 2.10 bits per heavy atom. The number of fused-ring (bicyclic) bond motifs is 2. The van der Waals surface area contributed by atoms with Crippen LogP contribution in [-0.2, 0) is 13.0 Å². The number of hydrogen-bond donors (Lipinski definition) is 1. The first-order valence-corrected chi connectivity index (χ1v) is 23.2. The topological polar surface area (TPSA) is 131 Å². The Hall–Kier alpha value is -8.49. The Balaban J connectivity index is 0.000000175. The van der Waals surface area contributed by atoms with E-state index in [1.165, 1.54) is 24.0 Å². The number of likely N-dealkylation sites (tertiary alicyclic amines) is 1. The minimum atomic E-state index is -0.193. The fourth-order valence-electron chi connectivity index (χ4n) is 8.57. The third kappa shape index (κ3) is 11.3. The summed E-state index contributed by atoms with van der Waals surface area (Å²) in [4.78, 5) is 51.8. The molecule has 1 N–H and O–H groups in total. The van der Waals surface area contributed by atoms with E-state index in [2.05, 4.69) is 103 Å². The van der Waals surface area contributed by atoms with E-state index in [-0.39, 0.29) is 11.7 Å². The molecule has 1 amide bonds. The van der Waals surface area contributed by atoms with Gasteiger partial charge < -0.3 is 14.8 Å². The molecule has 0 spiro atoms. The predicted octanol–water partition coefficient (Wildman–Crippen LogP) is 8.57. The zero-order valence-electron chi connectivity index (χ0n) is 40.0. The summed E-state index contributed by atoms with van der Waals surface area (Å²) in [5, 5.41) is 3.00. The zero-order chi connectivity index (χ0) is 48.6. The molecule has 0 radical (unpaired) electrons. The molecule has 13 heteroatoms. The van der Waals surface area contributed by atoms with Crippen molar-refractivity contribution in [2.45, 2.75) is 52.6 Å². The van der Waals surface area contributed by atoms with E-state index >= 15 is 0 Å². The van der Waals surface area contributed by atoms with Crippen LogP contribution in [0.25, 0.3) is 17.0 Å². The number of imidazole rings is 3. The number of Topliss-reactive ketones (excluding diaryl/α,β-unsaturated/α-hetero) is 1. The maximum Gasteiger partial charge on any atom is 0.255 e. The van der Waals surface area contributed by atoms with Gasteiger partial charge in [0.05, 0.1) is 31.1 Å². The Kier molecular flexibility index (Phi) is 14.1. The largest absolute Gasteiger partial charge is 0.322 e. The summed E-state index contributed by atoms with van der Waals surface area (Å²) < 4.78 is 5.67. The minimum absolute atomic E-state index is 0.0995. The average Bonchev–Trinajstić information content (AvgIpc) is 4.16. The van der Waals surface area contributed by atoms with Gasteiger partial charge in [-0.25, -0.2) is 15.0 Å². The molecule has 0 atom stereocenters. The van der Waals surface area contributed by atoms with Crippen LogP contribution in [0, 0.1) is 44.5 Å². The van der Waals surface area contributed by atoms with Crippen LogP contribution in [0.1, 0.15) is 83.9 Å². The lowest BCUT2D eigenvalue weighted by Gasteiger charge is -2.35. The summed E-state index contributed by atoms with van der Waals surface area (Å²) in [6.45, 7) is 9.37. The second kappa shape index (κ2) is 21.2. The molecular formula is C57H53N11O2. The van der Waals surface area contributed by atoms with Crippen molar-refractivity contribution in [3.05, 3.63) is 209 Å². The molecule has 348 valence electrons. The number of carbonyl (C=O) groups excluding carboxylic acids is 2. The number of aromatic nitrogens is 8. The second-order valence-corrected chi connectivity index (χ2v) is 17.8. The first-order chi connectivity index (χ1) is 34.0. The Bertz CT molecular complexity index is 3460. The van der Waals surface area contributed by atoms with Crippen molar-refractivity contribution in [2.24, 2.45) is 0 Å². The van der Waals surface area contributed by atoms with E-state index in [0.29, 0.717) is 23.6 Å². The maximum absolute atomic E-state index is 13.1. The molecule has 10 rings (SSSR count). The highest BCUT2D eigenvalue weighted by molar-refractivity contribution is 6.04. The molecule has 1 saturated heterocycles. The molecule has 0 saturated carbocycles. The lowest BCUT2D eigenvalue weighted by molar-refractivity contribution is 0.0991. The van der Waals surface area contributed by atoms with E-state index < -0.39 is 0 Å². The number of piperidine rings is 1. The number of anilines is 1. The maximum atomic E-state index is 13.1. The fraction of sp³-hybridized carbons (Fsp3) is 0.211. The summed E-state index contributed by atoms with van der Waals surface area (Å²) in [7, 11) is 4.35. The van der Waals surface area contributed by atoms with Gasteiger partial charge in [-0.3, -0.25) is 33.3 Å². The van der Waals surface area contributed by atoms with E-state index in [1.54, 1.807) is 49.7 Å². The van der Waals surface area contributed by atoms with Crippen molar-refractivity contribution >= 4 is 28.7 Å². The Morgan fingerprint density at radius 1 is 0.700 bits per heavy atom. The van der Waals surface area contributed by atoms with Crippen molar-refractivity contribution in [1.82, 2.24) is 48.1 Å². The number of nitrogens with one attached hydrogen (secondary N) is 1. The van der Waals surface area contributed by atoms with Gasteiger partial charge in [-0.2, -0.15) is 0 Å². The van der Waals surface area contributed by atoms with Crippen LogP contribution in [0.5, 0.6) is 0 Å². The first kappa shape index (κ1) is 46.6. The number of benzene rings is 4. The van der Waals surface area contributed by atoms with Crippen molar-refractivity contribution in [3.8, 4) is 29.4 Å². The number of rotatable bonds is 9. The summed E-state index contributed by atoms with van der Waals surface area (Å²) in [6.07, 6.45) is 22.0. The summed E-state index contributed by atoms with van der Waals surface area (Å²) >= 11 is 0. The summed E-state index contributed by atoms with van der Waals surface area (Å²) in [5.41, 5.74) is 13.2. The first-order valence-electron chi connectivity index (χ1n) is 23.2. The smallest absolute Gasteiger partial charge is 0.255 e. The molecule has 1 aliphatic heterocycles. The van der Waals surface area contributed by atoms with Gasteiger partial charge in [-0.15, -0.1) is 0 Å². The molecule has 1 fully saturated rings. The molecule has 0 aliphatic carbocycles. The standard InChI is InChI=1S/C31H33N5O.C26H20N6O/c1-23-17-25(7-9-27(23)22-35-14-11-28(12-15-35)34(2)3)19-30(37)26-6-4-5-24(18-26)8-10-29-20-33-31-21-32-13-16-36(29)31;1-18-11-22(14-24(12-18)31-9-7-28-17-31)30-26(33)21-4-3-19(2)20(13-21)5-6-23-15-29-25-16-27-8-10-32(23)25/h4-7,9,13,16-18,20-21,28H,11-12,14-15,19,22H2,1-3H3;3-4,7-17H,1-2H3,(H,30,33). The molecule has 0 unspecified atom stereocenters. The second-order valence-electron chi connectivity index (χ2n) is 17.8. The zero-order valence-corrected chi connectivity index (χ0v) is 40.0. The number of aryl methyl sites for hydroxylation is 3. The third-order valence-electron chi connectivity index (χ3n) is 12.6. The lowest BCUT2D eigenvalue weighted by Crippen LogP contribution is -2.41. The fourth-order valence-corrected chi connectivity index (χ4v) is 8.57. The molecule has 0 bridgehead atoms. The molecule has 9 aromatic rings. The molecular weight excluding hydrogens is 871 g/mol. The van der Waals surface area contributed by atoms with Crippen molar-refractivity contribution in [3.63, 3.8) is 0 Å². The van der Waals surface area contributed by atoms with Crippen LogP contribution in [0.4, 0.5) is 5.69 Å². The summed E-state index contributed by atoms with van der Waals surface area (Å²) in [5.74, 6) is 12.6. The van der Waals surface area contributed by atoms with Crippen LogP contribution in [0.2, 0.25) is 0 Å². The van der Waals surface area contributed by atoms with Crippen LogP contribution >= 0.6 is 0 Å². The predicted molar refractivity (Wildman–Crippen MR) is 273 cm³/mol. The highest BCUT2D eigenvalue weighted by Gasteiger charge is 2.21. The van der Waals surface area contributed by atoms with Gasteiger partial charge in [-0.05, 0) is 143 Å². The van der Waals surface area contributed by atoms with E-state index in [1.807, 2.05) is 106 Å². The van der Waals surface area contributed by atoms with E-state index in [0.717, 1.165) is 81.5 Å².